The number of rotatable bonds is 5. The number of hydrogen-bond donors (Lipinski definition) is 0. The Hall–Kier alpha value is -7.83. The second kappa shape index (κ2) is 12.3. The highest BCUT2D eigenvalue weighted by molar-refractivity contribution is 6.12. The van der Waals surface area contributed by atoms with Crippen molar-refractivity contribution in [2.24, 2.45) is 0 Å². The molecular formula is C51H30N4O2. The molecule has 266 valence electrons. The zero-order valence-corrected chi connectivity index (χ0v) is 30.4. The molecule has 6 heteroatoms. The van der Waals surface area contributed by atoms with Crippen LogP contribution in [0, 0.1) is 0 Å². The number of fused-ring (bicyclic) bond motifs is 9. The maximum absolute atomic E-state index is 6.56. The largest absolute Gasteiger partial charge is 0.456 e. The summed E-state index contributed by atoms with van der Waals surface area (Å²) in [5.41, 5.74) is 11.6. The van der Waals surface area contributed by atoms with Crippen molar-refractivity contribution in [3.63, 3.8) is 0 Å². The summed E-state index contributed by atoms with van der Waals surface area (Å²) in [7, 11) is 0. The molecule has 0 amide bonds. The van der Waals surface area contributed by atoms with E-state index < -0.39 is 0 Å². The molecule has 0 bridgehead atoms. The van der Waals surface area contributed by atoms with Gasteiger partial charge in [-0.15, -0.1) is 0 Å². The van der Waals surface area contributed by atoms with E-state index >= 15 is 0 Å². The first-order chi connectivity index (χ1) is 28.2. The zero-order valence-electron chi connectivity index (χ0n) is 30.4. The number of benzene rings is 8. The van der Waals surface area contributed by atoms with Crippen LogP contribution in [0.2, 0.25) is 0 Å². The molecule has 12 rings (SSSR count). The lowest BCUT2D eigenvalue weighted by molar-refractivity contribution is 0.668. The molecule has 8 aromatic carbocycles. The predicted molar refractivity (Wildman–Crippen MR) is 230 cm³/mol. The van der Waals surface area contributed by atoms with Gasteiger partial charge in [0.1, 0.15) is 22.3 Å². The van der Waals surface area contributed by atoms with E-state index in [-0.39, 0.29) is 0 Å². The molecule has 0 spiro atoms. The first-order valence-corrected chi connectivity index (χ1v) is 19.0. The van der Waals surface area contributed by atoms with Gasteiger partial charge in [0.05, 0.1) is 16.7 Å². The Labute approximate surface area is 325 Å². The molecule has 6 nitrogen and oxygen atoms in total. The summed E-state index contributed by atoms with van der Waals surface area (Å²) in [6, 6.07) is 62.8. The molecule has 4 aromatic heterocycles. The minimum absolute atomic E-state index is 0.562. The van der Waals surface area contributed by atoms with E-state index in [4.69, 9.17) is 23.8 Å². The quantitative estimate of drug-likeness (QED) is 0.176. The fourth-order valence-corrected chi connectivity index (χ4v) is 8.48. The number of aromatic nitrogens is 4. The lowest BCUT2D eigenvalue weighted by Gasteiger charge is -2.14. The third-order valence-corrected chi connectivity index (χ3v) is 11.1. The number of hydrogen-bond acceptors (Lipinski definition) is 5. The molecule has 0 saturated heterocycles. The van der Waals surface area contributed by atoms with E-state index in [2.05, 4.69) is 120 Å². The number of para-hydroxylation sites is 4. The highest BCUT2D eigenvalue weighted by Gasteiger charge is 2.20. The first-order valence-electron chi connectivity index (χ1n) is 19.0. The monoisotopic (exact) mass is 730 g/mol. The topological polar surface area (TPSA) is 69.9 Å². The summed E-state index contributed by atoms with van der Waals surface area (Å²) in [6.45, 7) is 0. The van der Waals surface area contributed by atoms with Crippen molar-refractivity contribution in [1.29, 1.82) is 0 Å². The zero-order chi connectivity index (χ0) is 37.5. The van der Waals surface area contributed by atoms with Crippen LogP contribution in [0.15, 0.2) is 191 Å². The fourth-order valence-electron chi connectivity index (χ4n) is 8.48. The van der Waals surface area contributed by atoms with Crippen molar-refractivity contribution in [2.75, 3.05) is 0 Å². The Bertz CT molecular complexity index is 3490. The average Bonchev–Trinajstić information content (AvgIpc) is 3.95. The smallest absolute Gasteiger partial charge is 0.164 e. The van der Waals surface area contributed by atoms with Crippen molar-refractivity contribution in [1.82, 2.24) is 19.5 Å². The predicted octanol–water partition coefficient (Wildman–Crippen LogP) is 13.4. The van der Waals surface area contributed by atoms with E-state index in [0.717, 1.165) is 77.4 Å². The molecular weight excluding hydrogens is 701 g/mol. The van der Waals surface area contributed by atoms with E-state index in [1.165, 1.54) is 21.8 Å². The van der Waals surface area contributed by atoms with Crippen LogP contribution >= 0.6 is 0 Å². The first kappa shape index (κ1) is 31.5. The van der Waals surface area contributed by atoms with Gasteiger partial charge in [0.15, 0.2) is 17.5 Å². The Morgan fingerprint density at radius 2 is 0.930 bits per heavy atom. The summed E-state index contributed by atoms with van der Waals surface area (Å²) in [4.78, 5) is 15.2. The molecule has 0 aliphatic heterocycles. The van der Waals surface area contributed by atoms with Gasteiger partial charge in [-0.25, -0.2) is 15.0 Å². The molecule has 4 heterocycles. The van der Waals surface area contributed by atoms with Crippen molar-refractivity contribution in [2.45, 2.75) is 0 Å². The van der Waals surface area contributed by atoms with Gasteiger partial charge in [-0.2, -0.15) is 0 Å². The van der Waals surface area contributed by atoms with Crippen molar-refractivity contribution in [3.8, 4) is 51.0 Å². The van der Waals surface area contributed by atoms with Gasteiger partial charge in [0.25, 0.3) is 0 Å². The summed E-state index contributed by atoms with van der Waals surface area (Å²) < 4.78 is 15.2. The second-order valence-corrected chi connectivity index (χ2v) is 14.4. The van der Waals surface area contributed by atoms with Crippen LogP contribution in [0.3, 0.4) is 0 Å². The molecule has 12 aromatic rings. The van der Waals surface area contributed by atoms with Gasteiger partial charge >= 0.3 is 0 Å². The maximum Gasteiger partial charge on any atom is 0.164 e. The molecule has 0 atom stereocenters. The average molecular weight is 731 g/mol. The van der Waals surface area contributed by atoms with Crippen molar-refractivity contribution < 1.29 is 8.83 Å². The molecule has 0 unspecified atom stereocenters. The van der Waals surface area contributed by atoms with Gasteiger partial charge in [0, 0.05) is 54.6 Å². The number of nitrogens with zero attached hydrogens (tertiary/aromatic N) is 4. The lowest BCUT2D eigenvalue weighted by atomic mass is 10.0. The van der Waals surface area contributed by atoms with Crippen LogP contribution in [-0.2, 0) is 0 Å². The molecule has 0 aliphatic carbocycles. The van der Waals surface area contributed by atoms with Crippen LogP contribution in [-0.4, -0.2) is 19.5 Å². The molecule has 0 fully saturated rings. The molecule has 57 heavy (non-hydrogen) atoms. The Kier molecular flexibility index (Phi) is 6.83. The van der Waals surface area contributed by atoms with Crippen LogP contribution < -0.4 is 0 Å². The minimum Gasteiger partial charge on any atom is -0.456 e. The van der Waals surface area contributed by atoms with Gasteiger partial charge in [-0.05, 0) is 60.2 Å². The SMILES string of the molecule is c1ccc(-c2nc(-c3ccc4c(c3)oc3ccc(-c5ccccc5-n5c6ccccc6c6ccccc65)cc34)nc(-c3cccc4oc5ccccc5c34)n2)cc1. The van der Waals surface area contributed by atoms with E-state index in [1.54, 1.807) is 0 Å². The van der Waals surface area contributed by atoms with Crippen LogP contribution in [0.5, 0.6) is 0 Å². The standard InChI is InChI=1S/C51H30N4O2/c1-2-13-31(14-3-1)49-52-50(54-51(53-49)39-19-12-24-46-48(39)38-18-7-11-23-44(38)56-46)33-25-27-37-40-29-32(26-28-45(40)57-47(37)30-33)34-15-4-8-20-41(34)55-42-21-9-5-16-35(42)36-17-6-10-22-43(36)55/h1-30H. The van der Waals surface area contributed by atoms with E-state index in [9.17, 15) is 0 Å². The van der Waals surface area contributed by atoms with Gasteiger partial charge in [-0.1, -0.05) is 127 Å². The van der Waals surface area contributed by atoms with Crippen LogP contribution in [0.25, 0.3) is 117 Å². The maximum atomic E-state index is 6.56. The Morgan fingerprint density at radius 1 is 0.333 bits per heavy atom. The molecule has 0 aliphatic rings. The lowest BCUT2D eigenvalue weighted by Crippen LogP contribution is -2.00. The normalized spacial score (nSPS) is 11.9. The van der Waals surface area contributed by atoms with Gasteiger partial charge in [-0.3, -0.25) is 0 Å². The third-order valence-electron chi connectivity index (χ3n) is 11.1. The summed E-state index contributed by atoms with van der Waals surface area (Å²) in [5.74, 6) is 1.73. The van der Waals surface area contributed by atoms with E-state index in [0.29, 0.717) is 17.5 Å². The molecule has 0 N–H and O–H groups in total. The summed E-state index contributed by atoms with van der Waals surface area (Å²) in [5, 5.41) is 6.55. The van der Waals surface area contributed by atoms with Crippen molar-refractivity contribution in [3.05, 3.63) is 182 Å². The highest BCUT2D eigenvalue weighted by Crippen LogP contribution is 2.40. The van der Waals surface area contributed by atoms with Crippen LogP contribution in [0.1, 0.15) is 0 Å². The van der Waals surface area contributed by atoms with Crippen molar-refractivity contribution >= 4 is 65.7 Å². The van der Waals surface area contributed by atoms with Gasteiger partial charge < -0.3 is 13.4 Å². The third kappa shape index (κ3) is 4.94. The Balaban J connectivity index is 1.00. The molecule has 0 saturated carbocycles. The second-order valence-electron chi connectivity index (χ2n) is 14.4. The summed E-state index contributed by atoms with van der Waals surface area (Å²) in [6.07, 6.45) is 0. The van der Waals surface area contributed by atoms with E-state index in [1.807, 2.05) is 66.7 Å². The Morgan fingerprint density at radius 3 is 1.75 bits per heavy atom. The van der Waals surface area contributed by atoms with Gasteiger partial charge in [0.2, 0.25) is 0 Å². The summed E-state index contributed by atoms with van der Waals surface area (Å²) >= 11 is 0. The number of furan rings is 2. The molecule has 0 radical (unpaired) electrons. The van der Waals surface area contributed by atoms with Crippen LogP contribution in [0.4, 0.5) is 0 Å². The highest BCUT2D eigenvalue weighted by atomic mass is 16.3. The fraction of sp³-hybridized carbons (Fsp3) is 0. The minimum atomic E-state index is 0.562.